The Morgan fingerprint density at radius 2 is 2.26 bits per heavy atom. The maximum absolute atomic E-state index is 12.7. The van der Waals surface area contributed by atoms with E-state index in [0.717, 1.165) is 24.6 Å². The van der Waals surface area contributed by atoms with Gasteiger partial charge in [0.05, 0.1) is 11.7 Å². The molecule has 0 radical (unpaired) electrons. The third-order valence-corrected chi connectivity index (χ3v) is 6.22. The lowest BCUT2D eigenvalue weighted by atomic mass is 10.3. The quantitative estimate of drug-likeness (QED) is 0.813. The first kappa shape index (κ1) is 13.2. The molecule has 5 nitrogen and oxygen atoms in total. The predicted molar refractivity (Wildman–Crippen MR) is 75.0 cm³/mol. The summed E-state index contributed by atoms with van der Waals surface area (Å²) < 4.78 is 35.1. The molecule has 0 spiro atoms. The molecule has 1 fully saturated rings. The predicted octanol–water partition coefficient (Wildman–Crippen LogP) is 2.08. The van der Waals surface area contributed by atoms with Crippen LogP contribution in [-0.2, 0) is 10.0 Å². The molecule has 1 aromatic carbocycles. The van der Waals surface area contributed by atoms with Crippen LogP contribution < -0.4 is 0 Å². The minimum Gasteiger partial charge on any atom is -0.207 e. The summed E-state index contributed by atoms with van der Waals surface area (Å²) in [7, 11) is -3.54. The van der Waals surface area contributed by atoms with Crippen molar-refractivity contribution in [2.45, 2.75) is 23.8 Å². The number of halogens is 1. The van der Waals surface area contributed by atoms with Crippen LogP contribution >= 0.6 is 23.3 Å². The van der Waals surface area contributed by atoms with Gasteiger partial charge in [-0.25, -0.2) is 8.42 Å². The maximum Gasteiger partial charge on any atom is 0.245 e. The molecule has 0 amide bonds. The van der Waals surface area contributed by atoms with Gasteiger partial charge >= 0.3 is 0 Å². The first-order chi connectivity index (χ1) is 9.14. The number of alkyl halides is 1. The highest BCUT2D eigenvalue weighted by Crippen LogP contribution is 2.30. The van der Waals surface area contributed by atoms with Crippen molar-refractivity contribution in [3.05, 3.63) is 18.2 Å². The molecule has 0 N–H and O–H groups in total. The molecule has 1 aliphatic rings. The molecular formula is C11H12ClN3O2S2. The Bertz CT molecular complexity index is 701. The lowest BCUT2D eigenvalue weighted by Crippen LogP contribution is -2.36. The van der Waals surface area contributed by atoms with Gasteiger partial charge in [-0.1, -0.05) is 6.07 Å². The van der Waals surface area contributed by atoms with E-state index in [9.17, 15) is 8.42 Å². The molecule has 1 saturated heterocycles. The minimum atomic E-state index is -3.54. The van der Waals surface area contributed by atoms with Crippen molar-refractivity contribution >= 4 is 44.4 Å². The van der Waals surface area contributed by atoms with Crippen LogP contribution in [0.2, 0.25) is 0 Å². The monoisotopic (exact) mass is 317 g/mol. The highest BCUT2D eigenvalue weighted by molar-refractivity contribution is 7.89. The summed E-state index contributed by atoms with van der Waals surface area (Å²) in [5.74, 6) is 0.324. The summed E-state index contributed by atoms with van der Waals surface area (Å²) in [6.07, 6.45) is 1.66. The van der Waals surface area contributed by atoms with Crippen molar-refractivity contribution in [3.8, 4) is 0 Å². The molecule has 19 heavy (non-hydrogen) atoms. The number of sulfonamides is 1. The van der Waals surface area contributed by atoms with Crippen LogP contribution in [-0.4, -0.2) is 39.9 Å². The van der Waals surface area contributed by atoms with Crippen molar-refractivity contribution < 1.29 is 8.42 Å². The van der Waals surface area contributed by atoms with Crippen molar-refractivity contribution in [2.75, 3.05) is 12.4 Å². The summed E-state index contributed by atoms with van der Waals surface area (Å²) in [5.41, 5.74) is 1.07. The normalized spacial score (nSPS) is 21.2. The van der Waals surface area contributed by atoms with Crippen molar-refractivity contribution in [3.63, 3.8) is 0 Å². The van der Waals surface area contributed by atoms with Gasteiger partial charge in [-0.3, -0.25) is 0 Å². The Kier molecular flexibility index (Phi) is 3.46. The SMILES string of the molecule is O=S(=O)(c1cccc2nsnc12)N1CCCC1CCl. The number of hydrogen-bond donors (Lipinski definition) is 0. The van der Waals surface area contributed by atoms with Gasteiger partial charge in [0.2, 0.25) is 10.0 Å². The first-order valence-corrected chi connectivity index (χ1v) is 8.64. The van der Waals surface area contributed by atoms with E-state index in [1.54, 1.807) is 18.2 Å². The third kappa shape index (κ3) is 2.14. The van der Waals surface area contributed by atoms with E-state index in [1.165, 1.54) is 4.31 Å². The molecule has 0 aliphatic carbocycles. The Morgan fingerprint density at radius 3 is 3.05 bits per heavy atom. The average molecular weight is 318 g/mol. The second-order valence-corrected chi connectivity index (χ2v) is 7.15. The van der Waals surface area contributed by atoms with Crippen LogP contribution in [0.4, 0.5) is 0 Å². The maximum atomic E-state index is 12.7. The fraction of sp³-hybridized carbons (Fsp3) is 0.455. The van der Waals surface area contributed by atoms with Crippen molar-refractivity contribution in [2.24, 2.45) is 0 Å². The zero-order chi connectivity index (χ0) is 13.5. The van der Waals surface area contributed by atoms with Crippen molar-refractivity contribution in [1.29, 1.82) is 0 Å². The molecule has 102 valence electrons. The van der Waals surface area contributed by atoms with Gasteiger partial charge in [0.1, 0.15) is 15.9 Å². The van der Waals surface area contributed by atoms with Crippen LogP contribution in [0.15, 0.2) is 23.1 Å². The average Bonchev–Trinajstić information content (AvgIpc) is 3.06. The molecule has 1 unspecified atom stereocenters. The highest BCUT2D eigenvalue weighted by Gasteiger charge is 2.36. The molecule has 1 aliphatic heterocycles. The second kappa shape index (κ2) is 4.97. The highest BCUT2D eigenvalue weighted by atomic mass is 35.5. The van der Waals surface area contributed by atoms with Crippen LogP contribution in [0.3, 0.4) is 0 Å². The minimum absolute atomic E-state index is 0.117. The number of rotatable bonds is 3. The summed E-state index contributed by atoms with van der Waals surface area (Å²) in [6.45, 7) is 0.522. The lowest BCUT2D eigenvalue weighted by Gasteiger charge is -2.22. The van der Waals surface area contributed by atoms with E-state index in [4.69, 9.17) is 11.6 Å². The van der Waals surface area contributed by atoms with E-state index < -0.39 is 10.0 Å². The van der Waals surface area contributed by atoms with Gasteiger partial charge in [0.15, 0.2) is 0 Å². The fourth-order valence-electron chi connectivity index (χ4n) is 2.40. The molecule has 2 aromatic rings. The van der Waals surface area contributed by atoms with E-state index in [1.807, 2.05) is 0 Å². The van der Waals surface area contributed by atoms with Crippen LogP contribution in [0.25, 0.3) is 11.0 Å². The zero-order valence-corrected chi connectivity index (χ0v) is 12.4. The molecule has 0 saturated carbocycles. The summed E-state index contributed by atoms with van der Waals surface area (Å²) in [5, 5.41) is 0. The number of fused-ring (bicyclic) bond motifs is 1. The number of benzene rings is 1. The topological polar surface area (TPSA) is 63.2 Å². The van der Waals surface area contributed by atoms with E-state index in [2.05, 4.69) is 8.75 Å². The molecule has 8 heteroatoms. The Morgan fingerprint density at radius 1 is 1.42 bits per heavy atom. The third-order valence-electron chi connectivity index (χ3n) is 3.34. The molecule has 1 atom stereocenters. The molecule has 3 rings (SSSR count). The van der Waals surface area contributed by atoms with E-state index >= 15 is 0 Å². The van der Waals surface area contributed by atoms with Gasteiger partial charge in [0, 0.05) is 18.5 Å². The Balaban J connectivity index is 2.12. The summed E-state index contributed by atoms with van der Waals surface area (Å²) in [6, 6.07) is 4.93. The fourth-order valence-corrected chi connectivity index (χ4v) is 5.25. The van der Waals surface area contributed by atoms with Crippen LogP contribution in [0.1, 0.15) is 12.8 Å². The largest absolute Gasteiger partial charge is 0.245 e. The smallest absolute Gasteiger partial charge is 0.207 e. The zero-order valence-electron chi connectivity index (χ0n) is 9.99. The molecule has 2 heterocycles. The Hall–Kier alpha value is -0.760. The first-order valence-electron chi connectivity index (χ1n) is 5.93. The van der Waals surface area contributed by atoms with Gasteiger partial charge in [-0.05, 0) is 25.0 Å². The van der Waals surface area contributed by atoms with Crippen LogP contribution in [0, 0.1) is 0 Å². The number of aromatic nitrogens is 2. The second-order valence-electron chi connectivity index (χ2n) is 4.45. The lowest BCUT2D eigenvalue weighted by molar-refractivity contribution is 0.411. The summed E-state index contributed by atoms with van der Waals surface area (Å²) >= 11 is 6.88. The van der Waals surface area contributed by atoms with E-state index in [-0.39, 0.29) is 10.9 Å². The van der Waals surface area contributed by atoms with Gasteiger partial charge in [0.25, 0.3) is 0 Å². The number of hydrogen-bond acceptors (Lipinski definition) is 5. The van der Waals surface area contributed by atoms with Crippen molar-refractivity contribution in [1.82, 2.24) is 13.1 Å². The van der Waals surface area contributed by atoms with Gasteiger partial charge in [-0.15, -0.1) is 11.6 Å². The Labute approximate surface area is 120 Å². The van der Waals surface area contributed by atoms with Gasteiger partial charge in [-0.2, -0.15) is 13.1 Å². The van der Waals surface area contributed by atoms with Gasteiger partial charge < -0.3 is 0 Å². The standard InChI is InChI=1S/C11H12ClN3O2S2/c12-7-8-3-2-6-15(8)19(16,17)10-5-1-4-9-11(10)14-18-13-9/h1,4-5,8H,2-3,6-7H2. The molecule has 1 aromatic heterocycles. The molecular weight excluding hydrogens is 306 g/mol. The van der Waals surface area contributed by atoms with Crippen LogP contribution in [0.5, 0.6) is 0 Å². The summed E-state index contributed by atoms with van der Waals surface area (Å²) in [4.78, 5) is 0.232. The van der Waals surface area contributed by atoms with E-state index in [0.29, 0.717) is 23.5 Å². The molecule has 0 bridgehead atoms. The number of nitrogens with zero attached hydrogens (tertiary/aromatic N) is 3.